The fourth-order valence-corrected chi connectivity index (χ4v) is 5.21. The molecule has 0 radical (unpaired) electrons. The fourth-order valence-electron chi connectivity index (χ4n) is 4.31. The third-order valence-electron chi connectivity index (χ3n) is 6.47. The zero-order chi connectivity index (χ0) is 21.2. The predicted molar refractivity (Wildman–Crippen MR) is 121 cm³/mol. The number of benzene rings is 2. The van der Waals surface area contributed by atoms with E-state index < -0.39 is 9.73 Å². The number of pyridine rings is 1. The van der Waals surface area contributed by atoms with Crippen LogP contribution in [-0.2, 0) is 15.1 Å². The van der Waals surface area contributed by atoms with Gasteiger partial charge in [-0.25, -0.2) is 8.99 Å². The van der Waals surface area contributed by atoms with Crippen molar-refractivity contribution < 1.29 is 4.21 Å². The van der Waals surface area contributed by atoms with Crippen molar-refractivity contribution in [2.45, 2.75) is 50.5 Å². The normalized spacial score (nSPS) is 19.3. The second-order valence-corrected chi connectivity index (χ2v) is 11.2. The Balaban J connectivity index is 2.04. The maximum Gasteiger partial charge on any atom is 0.0729 e. The van der Waals surface area contributed by atoms with Gasteiger partial charge in [-0.1, -0.05) is 38.1 Å². The Morgan fingerprint density at radius 3 is 2.45 bits per heavy atom. The monoisotopic (exact) mass is 405 g/mol. The second kappa shape index (κ2) is 6.23. The van der Waals surface area contributed by atoms with E-state index in [0.717, 1.165) is 27.7 Å². The van der Waals surface area contributed by atoms with E-state index >= 15 is 0 Å². The molecule has 4 rings (SSSR count). The van der Waals surface area contributed by atoms with E-state index in [-0.39, 0.29) is 11.0 Å². The molecule has 1 atom stereocenters. The topological polar surface area (TPSA) is 66.2 Å². The Bertz CT molecular complexity index is 1280. The third-order valence-corrected chi connectivity index (χ3v) is 7.66. The lowest BCUT2D eigenvalue weighted by molar-refractivity contribution is 0.302. The van der Waals surface area contributed by atoms with Crippen molar-refractivity contribution in [2.75, 3.05) is 6.26 Å². The average molecular weight is 406 g/mol. The number of fused-ring (bicyclic) bond motifs is 2. The number of aryl methyl sites for hydroxylation is 1. The lowest BCUT2D eigenvalue weighted by Gasteiger charge is -2.45. The first-order chi connectivity index (χ1) is 13.4. The van der Waals surface area contributed by atoms with Crippen LogP contribution < -0.4 is 0 Å². The van der Waals surface area contributed by atoms with Crippen LogP contribution >= 0.6 is 0 Å². The maximum atomic E-state index is 12.5. The summed E-state index contributed by atoms with van der Waals surface area (Å²) in [4.78, 5) is 10.1. The average Bonchev–Trinajstić information content (AvgIpc) is 2.63. The molecule has 0 saturated heterocycles. The highest BCUT2D eigenvalue weighted by Crippen LogP contribution is 2.45. The van der Waals surface area contributed by atoms with E-state index in [1.54, 1.807) is 12.3 Å². The van der Waals surface area contributed by atoms with Gasteiger partial charge in [0.25, 0.3) is 0 Å². The minimum atomic E-state index is -2.87. The molecule has 0 fully saturated rings. The van der Waals surface area contributed by atoms with Crippen LogP contribution in [0.2, 0.25) is 0 Å². The first kappa shape index (κ1) is 19.8. The maximum absolute atomic E-state index is 12.5. The zero-order valence-corrected chi connectivity index (χ0v) is 18.6. The summed E-state index contributed by atoms with van der Waals surface area (Å²) < 4.78 is 20.6. The molecule has 2 aromatic carbocycles. The van der Waals surface area contributed by atoms with Gasteiger partial charge in [0.1, 0.15) is 0 Å². The van der Waals surface area contributed by atoms with Crippen molar-refractivity contribution in [2.24, 2.45) is 4.99 Å². The molecule has 0 bridgehead atoms. The van der Waals surface area contributed by atoms with Gasteiger partial charge in [0.2, 0.25) is 0 Å². The molecule has 150 valence electrons. The first-order valence-corrected chi connectivity index (χ1v) is 11.7. The summed E-state index contributed by atoms with van der Waals surface area (Å²) in [6, 6.07) is 14.0. The smallest absolute Gasteiger partial charge is 0.0729 e. The van der Waals surface area contributed by atoms with Gasteiger partial charge in [-0.3, -0.25) is 9.98 Å². The van der Waals surface area contributed by atoms with E-state index in [1.807, 2.05) is 18.2 Å². The molecule has 3 aromatic rings. The summed E-state index contributed by atoms with van der Waals surface area (Å²) in [5, 5.41) is 0.757. The Morgan fingerprint density at radius 1 is 1.03 bits per heavy atom. The molecule has 1 aliphatic heterocycles. The van der Waals surface area contributed by atoms with Crippen molar-refractivity contribution >= 4 is 26.3 Å². The number of nitrogens with zero attached hydrogens (tertiary/aromatic N) is 2. The number of aliphatic imine (C=N–C) groups is 1. The van der Waals surface area contributed by atoms with E-state index in [0.29, 0.717) is 4.90 Å². The van der Waals surface area contributed by atoms with Crippen LogP contribution in [0, 0.1) is 11.7 Å². The van der Waals surface area contributed by atoms with Crippen LogP contribution in [0.5, 0.6) is 0 Å². The van der Waals surface area contributed by atoms with Crippen molar-refractivity contribution in [3.8, 4) is 0 Å². The molecule has 0 aliphatic carbocycles. The zero-order valence-electron chi connectivity index (χ0n) is 17.8. The van der Waals surface area contributed by atoms with Crippen molar-refractivity contribution in [1.82, 2.24) is 4.98 Å². The third kappa shape index (κ3) is 2.99. The van der Waals surface area contributed by atoms with E-state index in [2.05, 4.69) is 57.8 Å². The number of aromatic nitrogens is 1. The highest BCUT2D eigenvalue weighted by molar-refractivity contribution is 7.92. The molecule has 1 aliphatic rings. The molecular weight excluding hydrogens is 378 g/mol. The lowest BCUT2D eigenvalue weighted by atomic mass is 9.64. The number of hydrogen-bond donors (Lipinski definition) is 1. The lowest BCUT2D eigenvalue weighted by Crippen LogP contribution is -2.46. The Hall–Kier alpha value is -2.53. The molecule has 1 N–H and O–H groups in total. The van der Waals surface area contributed by atoms with Crippen molar-refractivity contribution in [3.05, 3.63) is 70.9 Å². The van der Waals surface area contributed by atoms with Crippen LogP contribution in [-0.4, -0.2) is 26.7 Å². The van der Waals surface area contributed by atoms with Gasteiger partial charge in [0, 0.05) is 34.4 Å². The largest absolute Gasteiger partial charge is 0.277 e. The Labute approximate surface area is 173 Å². The van der Waals surface area contributed by atoms with Gasteiger partial charge >= 0.3 is 0 Å². The minimum Gasteiger partial charge on any atom is -0.277 e. The summed E-state index contributed by atoms with van der Waals surface area (Å²) >= 11 is 0. The van der Waals surface area contributed by atoms with Gasteiger partial charge in [-0.15, -0.1) is 0 Å². The molecule has 0 spiro atoms. The van der Waals surface area contributed by atoms with E-state index in [9.17, 15) is 4.21 Å². The summed E-state index contributed by atoms with van der Waals surface area (Å²) in [7, 11) is -2.87. The van der Waals surface area contributed by atoms with Crippen LogP contribution in [0.4, 0.5) is 0 Å². The highest BCUT2D eigenvalue weighted by Gasteiger charge is 2.44. The molecular formula is C24H27N3OS. The van der Waals surface area contributed by atoms with Crippen molar-refractivity contribution in [1.29, 1.82) is 4.78 Å². The Kier molecular flexibility index (Phi) is 4.25. The number of rotatable bonds is 2. The second-order valence-electron chi connectivity index (χ2n) is 9.03. The molecule has 2 heterocycles. The predicted octanol–water partition coefficient (Wildman–Crippen LogP) is 5.49. The van der Waals surface area contributed by atoms with Gasteiger partial charge in [-0.2, -0.15) is 0 Å². The highest BCUT2D eigenvalue weighted by atomic mass is 32.2. The summed E-state index contributed by atoms with van der Waals surface area (Å²) in [6.45, 7) is 11.0. The summed E-state index contributed by atoms with van der Waals surface area (Å²) in [6.07, 6.45) is 3.08. The van der Waals surface area contributed by atoms with E-state index in [4.69, 9.17) is 9.77 Å². The van der Waals surface area contributed by atoms with Crippen LogP contribution in [0.15, 0.2) is 58.5 Å². The quantitative estimate of drug-likeness (QED) is 0.613. The minimum absolute atomic E-state index is 0.111. The SMILES string of the molecule is Cc1cccc2c1C(C)(C)C(C)(C)N=C2c1ccc2nccc(S(C)(=N)=O)c2c1. The van der Waals surface area contributed by atoms with Gasteiger partial charge in [0.15, 0.2) is 0 Å². The van der Waals surface area contributed by atoms with Crippen LogP contribution in [0.3, 0.4) is 0 Å². The number of hydrogen-bond acceptors (Lipinski definition) is 4. The first-order valence-electron chi connectivity index (χ1n) is 9.77. The molecule has 29 heavy (non-hydrogen) atoms. The molecule has 1 aromatic heterocycles. The standard InChI is InChI=1S/C24H27N3OS/c1-15-8-7-9-17-21(15)23(2,3)24(4,5)27-22(17)16-10-11-19-18(14-16)20(12-13-26-19)29(6,25)28/h7-14,25H,1-6H3. The van der Waals surface area contributed by atoms with Crippen molar-refractivity contribution in [3.63, 3.8) is 0 Å². The molecule has 4 nitrogen and oxygen atoms in total. The van der Waals surface area contributed by atoms with Gasteiger partial charge < -0.3 is 0 Å². The summed E-state index contributed by atoms with van der Waals surface area (Å²) in [5.74, 6) is 0. The molecule has 0 amide bonds. The molecule has 5 heteroatoms. The number of nitrogens with one attached hydrogen (secondary N) is 1. The Morgan fingerprint density at radius 2 is 1.76 bits per heavy atom. The fraction of sp³-hybridized carbons (Fsp3) is 0.333. The summed E-state index contributed by atoms with van der Waals surface area (Å²) in [5.41, 5.74) is 5.97. The molecule has 0 saturated carbocycles. The van der Waals surface area contributed by atoms with Crippen LogP contribution in [0.25, 0.3) is 10.9 Å². The van der Waals surface area contributed by atoms with E-state index in [1.165, 1.54) is 17.4 Å². The van der Waals surface area contributed by atoms with Crippen LogP contribution in [0.1, 0.15) is 49.9 Å². The van der Waals surface area contributed by atoms with Gasteiger partial charge in [-0.05, 0) is 50.1 Å². The van der Waals surface area contributed by atoms with Gasteiger partial charge in [0.05, 0.1) is 31.4 Å². The molecule has 1 unspecified atom stereocenters.